The van der Waals surface area contributed by atoms with Gasteiger partial charge >= 0.3 is 0 Å². The fourth-order valence-electron chi connectivity index (χ4n) is 2.61. The van der Waals surface area contributed by atoms with Gasteiger partial charge in [-0.05, 0) is 43.7 Å². The van der Waals surface area contributed by atoms with E-state index < -0.39 is 10.2 Å². The number of amides is 1. The summed E-state index contributed by atoms with van der Waals surface area (Å²) in [5.74, 6) is 0.470. The Morgan fingerprint density at radius 3 is 2.55 bits per heavy atom. The standard InChI is InChI=1S/C20H21ClN6O3S/c1-12-4-5-15(10-17(12)21)22-11-18-24-25-20(26(18)3)31-13(2)19(28)23-14-6-8-16(9-7-14)27(29)30/h4-10,13,22H,11H2,1-3H3,(H,23,28)/t13-/m1/s1. The summed E-state index contributed by atoms with van der Waals surface area (Å²) in [6, 6.07) is 11.4. The number of nitrogens with one attached hydrogen (secondary N) is 2. The van der Waals surface area contributed by atoms with Crippen molar-refractivity contribution >= 4 is 46.3 Å². The number of anilines is 2. The maximum Gasteiger partial charge on any atom is 0.269 e. The topological polar surface area (TPSA) is 115 Å². The molecule has 0 bridgehead atoms. The van der Waals surface area contributed by atoms with Crippen LogP contribution in [0.4, 0.5) is 17.1 Å². The SMILES string of the molecule is Cc1ccc(NCc2nnc(S[C@H](C)C(=O)Nc3ccc([N+](=O)[O-])cc3)n2C)cc1Cl. The average Bonchev–Trinajstić information content (AvgIpc) is 3.08. The lowest BCUT2D eigenvalue weighted by atomic mass is 10.2. The van der Waals surface area contributed by atoms with Crippen LogP contribution in [-0.4, -0.2) is 30.8 Å². The summed E-state index contributed by atoms with van der Waals surface area (Å²) in [4.78, 5) is 22.7. The van der Waals surface area contributed by atoms with Crippen LogP contribution < -0.4 is 10.6 Å². The van der Waals surface area contributed by atoms with Crippen molar-refractivity contribution in [3.05, 3.63) is 69.0 Å². The third-order valence-corrected chi connectivity index (χ3v) is 6.09. The number of carbonyl (C=O) groups is 1. The predicted molar refractivity (Wildman–Crippen MR) is 122 cm³/mol. The van der Waals surface area contributed by atoms with Crippen molar-refractivity contribution in [3.63, 3.8) is 0 Å². The number of non-ortho nitro benzene ring substituents is 1. The first-order valence-electron chi connectivity index (χ1n) is 9.35. The Morgan fingerprint density at radius 1 is 1.23 bits per heavy atom. The highest BCUT2D eigenvalue weighted by molar-refractivity contribution is 8.00. The summed E-state index contributed by atoms with van der Waals surface area (Å²) in [7, 11) is 1.84. The van der Waals surface area contributed by atoms with Gasteiger partial charge in [0.1, 0.15) is 0 Å². The van der Waals surface area contributed by atoms with E-state index in [1.54, 1.807) is 6.92 Å². The molecule has 0 unspecified atom stereocenters. The normalized spacial score (nSPS) is 11.7. The molecule has 3 rings (SSSR count). The van der Waals surface area contributed by atoms with Crippen LogP contribution in [0.1, 0.15) is 18.3 Å². The number of aromatic nitrogens is 3. The first-order valence-corrected chi connectivity index (χ1v) is 10.6. The van der Waals surface area contributed by atoms with E-state index in [1.807, 2.05) is 36.7 Å². The van der Waals surface area contributed by atoms with Gasteiger partial charge < -0.3 is 15.2 Å². The minimum Gasteiger partial charge on any atom is -0.378 e. The van der Waals surface area contributed by atoms with Gasteiger partial charge in [0.15, 0.2) is 11.0 Å². The van der Waals surface area contributed by atoms with Gasteiger partial charge in [0, 0.05) is 35.6 Å². The van der Waals surface area contributed by atoms with Crippen molar-refractivity contribution in [2.45, 2.75) is 30.8 Å². The predicted octanol–water partition coefficient (Wildman–Crippen LogP) is 4.42. The second kappa shape index (κ2) is 9.80. The highest BCUT2D eigenvalue weighted by atomic mass is 35.5. The molecule has 1 aromatic heterocycles. The maximum atomic E-state index is 12.5. The summed E-state index contributed by atoms with van der Waals surface area (Å²) >= 11 is 7.43. The van der Waals surface area contributed by atoms with E-state index in [4.69, 9.17) is 11.6 Å². The molecule has 0 saturated heterocycles. The van der Waals surface area contributed by atoms with Crippen LogP contribution in [0.15, 0.2) is 47.6 Å². The molecule has 2 N–H and O–H groups in total. The summed E-state index contributed by atoms with van der Waals surface area (Å²) in [5.41, 5.74) is 2.34. The zero-order chi connectivity index (χ0) is 22.5. The Morgan fingerprint density at radius 2 is 1.90 bits per heavy atom. The molecule has 0 radical (unpaired) electrons. The summed E-state index contributed by atoms with van der Waals surface area (Å²) in [6.45, 7) is 4.15. The lowest BCUT2D eigenvalue weighted by Gasteiger charge is -2.12. The molecule has 11 heteroatoms. The monoisotopic (exact) mass is 460 g/mol. The van der Waals surface area contributed by atoms with Crippen LogP contribution in [0.3, 0.4) is 0 Å². The molecule has 1 amide bonds. The Labute approximate surface area is 188 Å². The van der Waals surface area contributed by atoms with Crippen molar-refractivity contribution in [2.75, 3.05) is 10.6 Å². The van der Waals surface area contributed by atoms with Crippen LogP contribution in [-0.2, 0) is 18.4 Å². The first kappa shape index (κ1) is 22.6. The smallest absolute Gasteiger partial charge is 0.269 e. The molecule has 0 aliphatic heterocycles. The van der Waals surface area contributed by atoms with E-state index in [2.05, 4.69) is 20.8 Å². The molecule has 0 saturated carbocycles. The Hall–Kier alpha value is -3.11. The van der Waals surface area contributed by atoms with Gasteiger partial charge in [-0.25, -0.2) is 0 Å². The van der Waals surface area contributed by atoms with Crippen LogP contribution in [0.5, 0.6) is 0 Å². The van der Waals surface area contributed by atoms with Crippen molar-refractivity contribution in [1.29, 1.82) is 0 Å². The van der Waals surface area contributed by atoms with Gasteiger partial charge in [0.2, 0.25) is 5.91 Å². The Balaban J connectivity index is 1.58. The molecule has 162 valence electrons. The molecule has 1 atom stereocenters. The summed E-state index contributed by atoms with van der Waals surface area (Å²) < 4.78 is 1.82. The highest BCUT2D eigenvalue weighted by Crippen LogP contribution is 2.24. The molecule has 0 spiro atoms. The van der Waals surface area contributed by atoms with Crippen molar-refractivity contribution in [2.24, 2.45) is 7.05 Å². The first-order chi connectivity index (χ1) is 14.7. The van der Waals surface area contributed by atoms with Gasteiger partial charge in [-0.2, -0.15) is 0 Å². The lowest BCUT2D eigenvalue weighted by Crippen LogP contribution is -2.22. The summed E-state index contributed by atoms with van der Waals surface area (Å²) in [5, 5.41) is 25.9. The van der Waals surface area contributed by atoms with Crippen LogP contribution in [0.25, 0.3) is 0 Å². The van der Waals surface area contributed by atoms with Gasteiger partial charge in [0.25, 0.3) is 5.69 Å². The molecular weight excluding hydrogens is 440 g/mol. The second-order valence-corrected chi connectivity index (χ2v) is 8.54. The van der Waals surface area contributed by atoms with Crippen LogP contribution in [0, 0.1) is 17.0 Å². The zero-order valence-electron chi connectivity index (χ0n) is 17.1. The van der Waals surface area contributed by atoms with E-state index in [0.717, 1.165) is 11.3 Å². The van der Waals surface area contributed by atoms with Gasteiger partial charge in [-0.3, -0.25) is 14.9 Å². The van der Waals surface area contributed by atoms with Crippen LogP contribution >= 0.6 is 23.4 Å². The highest BCUT2D eigenvalue weighted by Gasteiger charge is 2.19. The summed E-state index contributed by atoms with van der Waals surface area (Å²) in [6.07, 6.45) is 0. The number of hydrogen-bond acceptors (Lipinski definition) is 7. The number of nitro benzene ring substituents is 1. The third kappa shape index (κ3) is 5.74. The average molecular weight is 461 g/mol. The number of aryl methyl sites for hydroxylation is 1. The largest absolute Gasteiger partial charge is 0.378 e. The molecule has 9 nitrogen and oxygen atoms in total. The number of halogens is 1. The number of nitrogens with zero attached hydrogens (tertiary/aromatic N) is 4. The van der Waals surface area contributed by atoms with Gasteiger partial charge in [-0.15, -0.1) is 10.2 Å². The molecule has 31 heavy (non-hydrogen) atoms. The molecule has 1 heterocycles. The molecule has 2 aromatic carbocycles. The molecule has 3 aromatic rings. The van der Waals surface area contributed by atoms with Gasteiger partial charge in [-0.1, -0.05) is 29.4 Å². The van der Waals surface area contributed by atoms with E-state index >= 15 is 0 Å². The van der Waals surface area contributed by atoms with Crippen molar-refractivity contribution in [3.8, 4) is 0 Å². The number of thioether (sulfide) groups is 1. The molecule has 0 aliphatic carbocycles. The second-order valence-electron chi connectivity index (χ2n) is 6.83. The van der Waals surface area contributed by atoms with E-state index in [1.165, 1.54) is 36.0 Å². The number of rotatable bonds is 8. The third-order valence-electron chi connectivity index (χ3n) is 4.54. The Kier molecular flexibility index (Phi) is 7.13. The van der Waals surface area contributed by atoms with E-state index in [0.29, 0.717) is 28.2 Å². The number of hydrogen-bond donors (Lipinski definition) is 2. The fourth-order valence-corrected chi connectivity index (χ4v) is 3.62. The van der Waals surface area contributed by atoms with Gasteiger partial charge in [0.05, 0.1) is 16.7 Å². The number of carbonyl (C=O) groups excluding carboxylic acids is 1. The number of nitro groups is 1. The lowest BCUT2D eigenvalue weighted by molar-refractivity contribution is -0.384. The van der Waals surface area contributed by atoms with Crippen molar-refractivity contribution < 1.29 is 9.72 Å². The molecule has 0 fully saturated rings. The minimum absolute atomic E-state index is 0.0337. The Bertz CT molecular complexity index is 1100. The van der Waals surface area contributed by atoms with Crippen molar-refractivity contribution in [1.82, 2.24) is 14.8 Å². The quantitative estimate of drug-likeness (QED) is 0.290. The van der Waals surface area contributed by atoms with Crippen LogP contribution in [0.2, 0.25) is 5.02 Å². The van der Waals surface area contributed by atoms with E-state index in [9.17, 15) is 14.9 Å². The molecule has 0 aliphatic rings. The fraction of sp³-hybridized carbons (Fsp3) is 0.250. The number of benzene rings is 2. The molecular formula is C20H21ClN6O3S. The maximum absolute atomic E-state index is 12.5. The van der Waals surface area contributed by atoms with E-state index in [-0.39, 0.29) is 11.6 Å². The minimum atomic E-state index is -0.488. The zero-order valence-corrected chi connectivity index (χ0v) is 18.7.